The van der Waals surface area contributed by atoms with Crippen LogP contribution in [0.3, 0.4) is 0 Å². The summed E-state index contributed by atoms with van der Waals surface area (Å²) in [5, 5.41) is 4.19. The number of nitrogens with zero attached hydrogens (tertiary/aromatic N) is 3. The summed E-state index contributed by atoms with van der Waals surface area (Å²) in [4.78, 5) is 13.8. The Hall–Kier alpha value is -2.54. The molecule has 0 bridgehead atoms. The van der Waals surface area contributed by atoms with E-state index in [1.807, 2.05) is 6.07 Å². The van der Waals surface area contributed by atoms with E-state index in [0.29, 0.717) is 50.9 Å². The van der Waals surface area contributed by atoms with E-state index in [1.54, 1.807) is 18.2 Å². The van der Waals surface area contributed by atoms with Crippen LogP contribution in [-0.4, -0.2) is 39.6 Å². The van der Waals surface area contributed by atoms with Gasteiger partial charge in [0.2, 0.25) is 0 Å². The molecule has 0 saturated heterocycles. The third kappa shape index (κ3) is 5.99. The fraction of sp³-hybridized carbons (Fsp3) is 0.400. The third-order valence-electron chi connectivity index (χ3n) is 2.86. The van der Waals surface area contributed by atoms with Gasteiger partial charge in [-0.15, -0.1) is 0 Å². The zero-order valence-corrected chi connectivity index (χ0v) is 12.5. The lowest BCUT2D eigenvalue weighted by atomic mass is 10.2. The Kier molecular flexibility index (Phi) is 6.93. The molecule has 2 rings (SSSR count). The minimum absolute atomic E-state index is 0.317. The summed E-state index contributed by atoms with van der Waals surface area (Å²) in [7, 11) is 0. The molecule has 0 unspecified atom stereocenters. The van der Waals surface area contributed by atoms with Crippen LogP contribution in [0, 0.1) is 0 Å². The molecule has 0 aliphatic rings. The summed E-state index contributed by atoms with van der Waals surface area (Å²) in [5.41, 5.74) is 8.17. The van der Waals surface area contributed by atoms with Crippen LogP contribution in [0.4, 0.5) is 0 Å². The van der Waals surface area contributed by atoms with Crippen molar-refractivity contribution in [1.82, 2.24) is 0 Å². The quantitative estimate of drug-likeness (QED) is 0.220. The number of fused-ring (bicyclic) bond motifs is 1. The lowest BCUT2D eigenvalue weighted by Crippen LogP contribution is -2.11. The highest BCUT2D eigenvalue weighted by atomic mass is 16.5. The van der Waals surface area contributed by atoms with E-state index in [-0.39, 0.29) is 0 Å². The summed E-state index contributed by atoms with van der Waals surface area (Å²) >= 11 is 0. The van der Waals surface area contributed by atoms with Gasteiger partial charge < -0.3 is 18.6 Å². The van der Waals surface area contributed by atoms with Gasteiger partial charge in [-0.25, -0.2) is 4.79 Å². The summed E-state index contributed by atoms with van der Waals surface area (Å²) in [5.74, 6) is 0.612. The molecule has 122 valence electrons. The molecule has 8 nitrogen and oxygen atoms in total. The second-order valence-corrected chi connectivity index (χ2v) is 4.48. The van der Waals surface area contributed by atoms with Gasteiger partial charge in [0.1, 0.15) is 17.9 Å². The zero-order valence-electron chi connectivity index (χ0n) is 12.5. The van der Waals surface area contributed by atoms with Crippen LogP contribution in [-0.2, 0) is 9.47 Å². The molecular formula is C15H17N3O5. The summed E-state index contributed by atoms with van der Waals surface area (Å²) < 4.78 is 21.1. The molecule has 0 radical (unpaired) electrons. The number of ether oxygens (including phenoxy) is 3. The lowest BCUT2D eigenvalue weighted by molar-refractivity contribution is 0.0388. The van der Waals surface area contributed by atoms with Crippen molar-refractivity contribution in [2.45, 2.75) is 0 Å². The first-order chi connectivity index (χ1) is 11.3. The minimum Gasteiger partial charge on any atom is -0.491 e. The predicted molar refractivity (Wildman–Crippen MR) is 83.6 cm³/mol. The van der Waals surface area contributed by atoms with Gasteiger partial charge in [0.15, 0.2) is 0 Å². The highest BCUT2D eigenvalue weighted by Crippen LogP contribution is 2.19. The van der Waals surface area contributed by atoms with Crippen LogP contribution in [0.1, 0.15) is 0 Å². The van der Waals surface area contributed by atoms with Crippen LogP contribution < -0.4 is 10.4 Å². The van der Waals surface area contributed by atoms with Crippen molar-refractivity contribution in [3.63, 3.8) is 0 Å². The van der Waals surface area contributed by atoms with E-state index in [4.69, 9.17) is 24.2 Å². The van der Waals surface area contributed by atoms with Crippen LogP contribution in [0.15, 0.2) is 44.7 Å². The third-order valence-corrected chi connectivity index (χ3v) is 2.86. The molecule has 8 heteroatoms. The molecule has 0 fully saturated rings. The van der Waals surface area contributed by atoms with Crippen molar-refractivity contribution < 1.29 is 18.6 Å². The largest absolute Gasteiger partial charge is 0.491 e. The Labute approximate surface area is 132 Å². The Balaban J connectivity index is 1.63. The van der Waals surface area contributed by atoms with E-state index < -0.39 is 5.63 Å². The topological polar surface area (TPSA) is 107 Å². The van der Waals surface area contributed by atoms with Crippen molar-refractivity contribution in [2.75, 3.05) is 39.6 Å². The molecule has 0 amide bonds. The van der Waals surface area contributed by atoms with Gasteiger partial charge in [-0.1, -0.05) is 5.11 Å². The summed E-state index contributed by atoms with van der Waals surface area (Å²) in [6.45, 7) is 2.36. The molecule has 0 aliphatic carbocycles. The highest BCUT2D eigenvalue weighted by Gasteiger charge is 2.00. The second kappa shape index (κ2) is 9.47. The van der Waals surface area contributed by atoms with E-state index in [1.165, 1.54) is 6.07 Å². The van der Waals surface area contributed by atoms with Crippen molar-refractivity contribution >= 4 is 11.0 Å². The predicted octanol–water partition coefficient (Wildman–Crippen LogP) is 2.52. The van der Waals surface area contributed by atoms with E-state index >= 15 is 0 Å². The van der Waals surface area contributed by atoms with Crippen molar-refractivity contribution in [3.05, 3.63) is 51.2 Å². The molecular weight excluding hydrogens is 302 g/mol. The van der Waals surface area contributed by atoms with Gasteiger partial charge in [-0.3, -0.25) is 0 Å². The average Bonchev–Trinajstić information content (AvgIpc) is 2.56. The Morgan fingerprint density at radius 2 is 1.78 bits per heavy atom. The molecule has 0 N–H and O–H groups in total. The Morgan fingerprint density at radius 3 is 2.61 bits per heavy atom. The number of azide groups is 1. The van der Waals surface area contributed by atoms with Gasteiger partial charge in [0.25, 0.3) is 0 Å². The van der Waals surface area contributed by atoms with Crippen LogP contribution in [0.25, 0.3) is 21.4 Å². The second-order valence-electron chi connectivity index (χ2n) is 4.48. The number of benzene rings is 1. The fourth-order valence-corrected chi connectivity index (χ4v) is 1.82. The van der Waals surface area contributed by atoms with Crippen molar-refractivity contribution in [2.24, 2.45) is 5.11 Å². The van der Waals surface area contributed by atoms with Gasteiger partial charge >= 0.3 is 5.63 Å². The average molecular weight is 319 g/mol. The SMILES string of the molecule is [N-]=[N+]=NCCOCCOCCOc1ccc2ccc(=O)oc2c1. The molecule has 1 aromatic heterocycles. The van der Waals surface area contributed by atoms with Crippen molar-refractivity contribution in [3.8, 4) is 5.75 Å². The monoisotopic (exact) mass is 319 g/mol. The maximum Gasteiger partial charge on any atom is 0.336 e. The normalized spacial score (nSPS) is 10.4. The number of hydrogen-bond acceptors (Lipinski definition) is 6. The molecule has 0 atom stereocenters. The van der Waals surface area contributed by atoms with Crippen LogP contribution in [0.5, 0.6) is 5.75 Å². The van der Waals surface area contributed by atoms with Gasteiger partial charge in [0, 0.05) is 29.0 Å². The molecule has 0 saturated carbocycles. The molecule has 2 aromatic rings. The highest BCUT2D eigenvalue weighted by molar-refractivity contribution is 5.77. The first kappa shape index (κ1) is 16.8. The maximum absolute atomic E-state index is 11.2. The minimum atomic E-state index is -0.390. The van der Waals surface area contributed by atoms with Gasteiger partial charge in [0.05, 0.1) is 26.4 Å². The summed E-state index contributed by atoms with van der Waals surface area (Å²) in [6.07, 6.45) is 0. The molecule has 1 aromatic carbocycles. The van der Waals surface area contributed by atoms with Crippen LogP contribution in [0.2, 0.25) is 0 Å². The zero-order chi connectivity index (χ0) is 16.3. The number of rotatable bonds is 10. The summed E-state index contributed by atoms with van der Waals surface area (Å²) in [6, 6.07) is 8.39. The smallest absolute Gasteiger partial charge is 0.336 e. The fourth-order valence-electron chi connectivity index (χ4n) is 1.82. The van der Waals surface area contributed by atoms with Gasteiger partial charge in [-0.2, -0.15) is 0 Å². The van der Waals surface area contributed by atoms with Crippen LogP contribution >= 0.6 is 0 Å². The molecule has 23 heavy (non-hydrogen) atoms. The first-order valence-corrected chi connectivity index (χ1v) is 7.12. The van der Waals surface area contributed by atoms with Gasteiger partial charge in [-0.05, 0) is 23.7 Å². The molecule has 1 heterocycles. The van der Waals surface area contributed by atoms with E-state index in [2.05, 4.69) is 10.0 Å². The maximum atomic E-state index is 11.2. The lowest BCUT2D eigenvalue weighted by Gasteiger charge is -2.08. The Bertz CT molecular complexity index is 724. The van der Waals surface area contributed by atoms with E-state index in [0.717, 1.165) is 5.39 Å². The van der Waals surface area contributed by atoms with Crippen molar-refractivity contribution in [1.29, 1.82) is 0 Å². The Morgan fingerprint density at radius 1 is 1.04 bits per heavy atom. The molecule has 0 aliphatic heterocycles. The standard InChI is InChI=1S/C15H17N3O5/c16-18-17-5-6-20-7-8-21-9-10-22-13-3-1-12-2-4-15(19)23-14(12)11-13/h1-4,11H,5-10H2. The van der Waals surface area contributed by atoms with E-state index in [9.17, 15) is 4.79 Å². The number of hydrogen-bond donors (Lipinski definition) is 0. The first-order valence-electron chi connectivity index (χ1n) is 7.12. The molecule has 0 spiro atoms.